The zero-order valence-electron chi connectivity index (χ0n) is 20.3. The van der Waals surface area contributed by atoms with E-state index in [0.29, 0.717) is 48.8 Å². The quantitative estimate of drug-likeness (QED) is 0.485. The number of rotatable bonds is 7. The number of fused-ring (bicyclic) bond motifs is 3. The predicted molar refractivity (Wildman–Crippen MR) is 129 cm³/mol. The number of amides is 2. The van der Waals surface area contributed by atoms with Crippen LogP contribution in [0.2, 0.25) is 0 Å². The van der Waals surface area contributed by atoms with Crippen molar-refractivity contribution in [1.82, 2.24) is 25.1 Å². The number of nitrogens with one attached hydrogen (secondary N) is 2. The molecule has 1 spiro atoms. The molecule has 1 aliphatic heterocycles. The average Bonchev–Trinajstić information content (AvgIpc) is 3.58. The van der Waals surface area contributed by atoms with E-state index in [1.807, 2.05) is 0 Å². The molecule has 3 heterocycles. The smallest absolute Gasteiger partial charge is 0.422 e. The van der Waals surface area contributed by atoms with Crippen LogP contribution in [-0.4, -0.2) is 44.3 Å². The van der Waals surface area contributed by atoms with Crippen molar-refractivity contribution < 1.29 is 27.5 Å². The van der Waals surface area contributed by atoms with E-state index in [2.05, 4.69) is 20.6 Å². The Hall–Kier alpha value is -3.96. The maximum absolute atomic E-state index is 13.5. The van der Waals surface area contributed by atoms with Crippen molar-refractivity contribution in [3.63, 3.8) is 0 Å². The lowest BCUT2D eigenvalue weighted by Gasteiger charge is -2.35. The van der Waals surface area contributed by atoms with Crippen LogP contribution in [0.3, 0.4) is 0 Å². The molecule has 1 saturated carbocycles. The van der Waals surface area contributed by atoms with Gasteiger partial charge in [-0.15, -0.1) is 0 Å². The molecule has 2 amide bonds. The fourth-order valence-electron chi connectivity index (χ4n) is 5.37. The number of benzene rings is 1. The molecular weight excluding hydrogens is 501 g/mol. The van der Waals surface area contributed by atoms with E-state index in [4.69, 9.17) is 9.84 Å². The molecule has 2 N–H and O–H groups in total. The molecule has 2 aliphatic carbocycles. The minimum absolute atomic E-state index is 0.122. The molecule has 3 aliphatic rings. The summed E-state index contributed by atoms with van der Waals surface area (Å²) < 4.78 is 44.4. The lowest BCUT2D eigenvalue weighted by atomic mass is 9.82. The van der Waals surface area contributed by atoms with Crippen molar-refractivity contribution in [3.05, 3.63) is 64.9 Å². The van der Waals surface area contributed by atoms with Gasteiger partial charge in [0.25, 0.3) is 11.8 Å². The molecule has 198 valence electrons. The van der Waals surface area contributed by atoms with Crippen LogP contribution in [0.15, 0.2) is 36.8 Å². The second-order valence-electron chi connectivity index (χ2n) is 10.1. The Morgan fingerprint density at radius 2 is 2.11 bits per heavy atom. The summed E-state index contributed by atoms with van der Waals surface area (Å²) in [4.78, 5) is 34.4. The molecule has 3 aromatic rings. The van der Waals surface area contributed by atoms with E-state index < -0.39 is 24.2 Å². The van der Waals surface area contributed by atoms with E-state index in [9.17, 15) is 22.8 Å². The van der Waals surface area contributed by atoms with Crippen LogP contribution in [0.5, 0.6) is 5.75 Å². The lowest BCUT2D eigenvalue weighted by molar-refractivity contribution is -0.153. The first-order chi connectivity index (χ1) is 18.2. The summed E-state index contributed by atoms with van der Waals surface area (Å²) in [5, 5.41) is 10.7. The highest BCUT2D eigenvalue weighted by atomic mass is 19.4. The normalized spacial score (nSPS) is 20.1. The van der Waals surface area contributed by atoms with Crippen LogP contribution in [0.25, 0.3) is 0 Å². The lowest BCUT2D eigenvalue weighted by Crippen LogP contribution is -2.49. The van der Waals surface area contributed by atoms with Gasteiger partial charge in [0, 0.05) is 25.4 Å². The zero-order valence-corrected chi connectivity index (χ0v) is 20.3. The van der Waals surface area contributed by atoms with Gasteiger partial charge < -0.3 is 15.4 Å². The summed E-state index contributed by atoms with van der Waals surface area (Å²) in [6, 6.07) is 4.83. The first kappa shape index (κ1) is 24.4. The third-order valence-electron chi connectivity index (χ3n) is 7.36. The van der Waals surface area contributed by atoms with E-state index in [-0.39, 0.29) is 17.4 Å². The summed E-state index contributed by atoms with van der Waals surface area (Å²) in [6.07, 6.45) is 4.59. The number of carbonyl (C=O) groups excluding carboxylic acids is 2. The topological polar surface area (TPSA) is 111 Å². The Balaban J connectivity index is 1.30. The van der Waals surface area contributed by atoms with Gasteiger partial charge in [0.2, 0.25) is 0 Å². The third kappa shape index (κ3) is 4.70. The van der Waals surface area contributed by atoms with E-state index in [0.717, 1.165) is 30.4 Å². The Kier molecular flexibility index (Phi) is 5.84. The molecular formula is C26H25F3N6O3. The van der Waals surface area contributed by atoms with Crippen molar-refractivity contribution >= 4 is 17.6 Å². The van der Waals surface area contributed by atoms with E-state index in [1.54, 1.807) is 16.8 Å². The molecule has 38 heavy (non-hydrogen) atoms. The summed E-state index contributed by atoms with van der Waals surface area (Å²) >= 11 is 0. The van der Waals surface area contributed by atoms with E-state index >= 15 is 0 Å². The van der Waals surface area contributed by atoms with Gasteiger partial charge in [-0.25, -0.2) is 9.67 Å². The van der Waals surface area contributed by atoms with Gasteiger partial charge in [0.05, 0.1) is 17.4 Å². The molecule has 1 atom stereocenters. The monoisotopic (exact) mass is 526 g/mol. The van der Waals surface area contributed by atoms with Gasteiger partial charge in [-0.2, -0.15) is 18.3 Å². The summed E-state index contributed by atoms with van der Waals surface area (Å²) in [5.41, 5.74) is 1.96. The van der Waals surface area contributed by atoms with Gasteiger partial charge in [-0.1, -0.05) is 18.9 Å². The van der Waals surface area contributed by atoms with Crippen LogP contribution >= 0.6 is 0 Å². The second-order valence-corrected chi connectivity index (χ2v) is 10.1. The van der Waals surface area contributed by atoms with Crippen LogP contribution in [0, 0.1) is 5.92 Å². The molecule has 0 saturated heterocycles. The molecule has 12 heteroatoms. The van der Waals surface area contributed by atoms with Crippen LogP contribution in [0.4, 0.5) is 19.0 Å². The van der Waals surface area contributed by atoms with Crippen molar-refractivity contribution in [2.45, 2.75) is 56.8 Å². The molecule has 9 nitrogen and oxygen atoms in total. The zero-order chi connectivity index (χ0) is 26.5. The highest BCUT2D eigenvalue weighted by Crippen LogP contribution is 2.44. The third-order valence-corrected chi connectivity index (χ3v) is 7.36. The SMILES string of the molecule is O=C(Nc1c2c(nn1CCC1CC1)C[C@]1(CCc3cc(OCC(F)(F)F)ccc31)NC2=O)c1cnccn1. The Bertz CT molecular complexity index is 1400. The van der Waals surface area contributed by atoms with Crippen molar-refractivity contribution in [2.75, 3.05) is 11.9 Å². The number of carbonyl (C=O) groups is 2. The molecule has 1 aromatic carbocycles. The molecule has 0 radical (unpaired) electrons. The highest BCUT2D eigenvalue weighted by Gasteiger charge is 2.46. The second kappa shape index (κ2) is 9.10. The maximum atomic E-state index is 13.5. The van der Waals surface area contributed by atoms with Crippen LogP contribution < -0.4 is 15.4 Å². The van der Waals surface area contributed by atoms with Crippen LogP contribution in [0.1, 0.15) is 63.4 Å². The fraction of sp³-hybridized carbons (Fsp3) is 0.423. The number of anilines is 1. The number of aromatic nitrogens is 4. The number of hydrogen-bond donors (Lipinski definition) is 2. The molecule has 0 unspecified atom stereocenters. The largest absolute Gasteiger partial charge is 0.484 e. The van der Waals surface area contributed by atoms with Crippen molar-refractivity contribution in [3.8, 4) is 5.75 Å². The van der Waals surface area contributed by atoms with Crippen molar-refractivity contribution in [2.24, 2.45) is 5.92 Å². The average molecular weight is 527 g/mol. The molecule has 6 rings (SSSR count). The highest BCUT2D eigenvalue weighted by molar-refractivity contribution is 6.08. The predicted octanol–water partition coefficient (Wildman–Crippen LogP) is 3.79. The summed E-state index contributed by atoms with van der Waals surface area (Å²) in [7, 11) is 0. The maximum Gasteiger partial charge on any atom is 0.422 e. The van der Waals surface area contributed by atoms with Gasteiger partial charge in [0.15, 0.2) is 6.61 Å². The minimum atomic E-state index is -4.42. The van der Waals surface area contributed by atoms with Gasteiger partial charge in [0.1, 0.15) is 22.8 Å². The Morgan fingerprint density at radius 3 is 2.84 bits per heavy atom. The Morgan fingerprint density at radius 1 is 1.26 bits per heavy atom. The van der Waals surface area contributed by atoms with Gasteiger partial charge in [-0.05, 0) is 48.4 Å². The number of ether oxygens (including phenoxy) is 1. The number of alkyl halides is 3. The number of halogens is 3. The van der Waals surface area contributed by atoms with Gasteiger partial charge in [-0.3, -0.25) is 14.6 Å². The van der Waals surface area contributed by atoms with E-state index in [1.165, 1.54) is 24.7 Å². The number of nitrogens with zero attached hydrogens (tertiary/aromatic N) is 4. The van der Waals surface area contributed by atoms with Crippen LogP contribution in [-0.2, 0) is 24.9 Å². The molecule has 0 bridgehead atoms. The summed E-state index contributed by atoms with van der Waals surface area (Å²) in [5.74, 6) is 0.246. The molecule has 2 aromatic heterocycles. The standard InChI is InChI=1S/C26H25F3N6O3/c27-26(28,29)14-38-17-3-4-18-16(11-17)5-7-25(18)12-19-21(24(37)33-25)22(35(34-19)10-6-15-1-2-15)32-23(36)20-13-30-8-9-31-20/h3-4,8-9,11,13,15H,1-2,5-7,10,12,14H2,(H,32,36)(H,33,37)/t25-/m0/s1. The number of hydrogen-bond acceptors (Lipinski definition) is 6. The van der Waals surface area contributed by atoms with Crippen molar-refractivity contribution in [1.29, 1.82) is 0 Å². The Labute approximate surface area is 215 Å². The molecule has 1 fully saturated rings. The fourth-order valence-corrected chi connectivity index (χ4v) is 5.37. The van der Waals surface area contributed by atoms with Gasteiger partial charge >= 0.3 is 6.18 Å². The number of aryl methyl sites for hydroxylation is 2. The minimum Gasteiger partial charge on any atom is -0.484 e. The first-order valence-electron chi connectivity index (χ1n) is 12.5. The first-order valence-corrected chi connectivity index (χ1v) is 12.5. The summed E-state index contributed by atoms with van der Waals surface area (Å²) in [6.45, 7) is -0.803.